The number of aromatic nitrogens is 2. The second-order valence-electron chi connectivity index (χ2n) is 3.06. The molecule has 1 heterocycles. The predicted molar refractivity (Wildman–Crippen MR) is 61.2 cm³/mol. The first kappa shape index (κ1) is 10.6. The summed E-state index contributed by atoms with van der Waals surface area (Å²) in [7, 11) is 0. The number of halogens is 1. The van der Waals surface area contributed by atoms with Crippen molar-refractivity contribution in [3.05, 3.63) is 41.3 Å². The SMILES string of the molecule is O=C(O)C=Cc1nc(Cl)c2ccccc2n1. The average molecular weight is 235 g/mol. The molecule has 0 spiro atoms. The Morgan fingerprint density at radius 1 is 1.31 bits per heavy atom. The summed E-state index contributed by atoms with van der Waals surface area (Å²) in [6, 6.07) is 7.27. The fourth-order valence-electron chi connectivity index (χ4n) is 1.28. The molecule has 0 radical (unpaired) electrons. The van der Waals surface area contributed by atoms with Crippen LogP contribution in [-0.2, 0) is 4.79 Å². The molecule has 0 saturated carbocycles. The molecule has 0 atom stereocenters. The molecule has 4 nitrogen and oxygen atoms in total. The molecule has 2 rings (SSSR count). The van der Waals surface area contributed by atoms with Gasteiger partial charge in [0.1, 0.15) is 5.15 Å². The molecule has 1 aromatic carbocycles. The van der Waals surface area contributed by atoms with Gasteiger partial charge in [-0.05, 0) is 18.2 Å². The van der Waals surface area contributed by atoms with Crippen LogP contribution in [0.25, 0.3) is 17.0 Å². The third-order valence-corrected chi connectivity index (χ3v) is 2.24. The number of rotatable bonds is 2. The number of carboxylic acid groups (broad SMARTS) is 1. The van der Waals surface area contributed by atoms with Crippen LogP contribution in [0.5, 0.6) is 0 Å². The van der Waals surface area contributed by atoms with Crippen molar-refractivity contribution in [2.24, 2.45) is 0 Å². The summed E-state index contributed by atoms with van der Waals surface area (Å²) in [5.74, 6) is -0.765. The topological polar surface area (TPSA) is 63.1 Å². The number of para-hydroxylation sites is 1. The van der Waals surface area contributed by atoms with E-state index in [-0.39, 0.29) is 5.82 Å². The number of hydrogen-bond donors (Lipinski definition) is 1. The van der Waals surface area contributed by atoms with Crippen LogP contribution in [0, 0.1) is 0 Å². The number of carbonyl (C=O) groups is 1. The lowest BCUT2D eigenvalue weighted by Crippen LogP contribution is -1.92. The van der Waals surface area contributed by atoms with Crippen molar-refractivity contribution >= 4 is 34.5 Å². The lowest BCUT2D eigenvalue weighted by molar-refractivity contribution is -0.131. The minimum atomic E-state index is -1.05. The van der Waals surface area contributed by atoms with Crippen molar-refractivity contribution in [3.63, 3.8) is 0 Å². The smallest absolute Gasteiger partial charge is 0.328 e. The summed E-state index contributed by atoms with van der Waals surface area (Å²) in [5.41, 5.74) is 0.688. The highest BCUT2D eigenvalue weighted by Gasteiger charge is 2.03. The Morgan fingerprint density at radius 2 is 2.06 bits per heavy atom. The van der Waals surface area contributed by atoms with E-state index in [4.69, 9.17) is 16.7 Å². The number of hydrogen-bond acceptors (Lipinski definition) is 3. The van der Waals surface area contributed by atoms with Crippen molar-refractivity contribution in [1.29, 1.82) is 0 Å². The molecule has 0 bridgehead atoms. The zero-order valence-electron chi connectivity index (χ0n) is 8.09. The molecular formula is C11H7ClN2O2. The van der Waals surface area contributed by atoms with Gasteiger partial charge in [0.05, 0.1) is 5.52 Å². The fourth-order valence-corrected chi connectivity index (χ4v) is 1.52. The van der Waals surface area contributed by atoms with Gasteiger partial charge in [-0.3, -0.25) is 0 Å². The van der Waals surface area contributed by atoms with E-state index in [1.54, 1.807) is 6.07 Å². The highest BCUT2D eigenvalue weighted by molar-refractivity contribution is 6.34. The van der Waals surface area contributed by atoms with E-state index < -0.39 is 5.97 Å². The van der Waals surface area contributed by atoms with E-state index in [0.717, 1.165) is 11.5 Å². The Balaban J connectivity index is 2.54. The molecule has 5 heteroatoms. The van der Waals surface area contributed by atoms with E-state index >= 15 is 0 Å². The van der Waals surface area contributed by atoms with Gasteiger partial charge in [0, 0.05) is 11.5 Å². The van der Waals surface area contributed by atoms with Crippen LogP contribution in [0.4, 0.5) is 0 Å². The van der Waals surface area contributed by atoms with Crippen molar-refractivity contribution in [2.75, 3.05) is 0 Å². The summed E-state index contributed by atoms with van der Waals surface area (Å²) < 4.78 is 0. The van der Waals surface area contributed by atoms with Crippen LogP contribution < -0.4 is 0 Å². The molecule has 0 unspecified atom stereocenters. The third-order valence-electron chi connectivity index (χ3n) is 1.95. The molecule has 2 aromatic rings. The number of fused-ring (bicyclic) bond motifs is 1. The Kier molecular flexibility index (Phi) is 2.83. The highest BCUT2D eigenvalue weighted by atomic mass is 35.5. The molecule has 0 saturated heterocycles. The molecular weight excluding hydrogens is 228 g/mol. The predicted octanol–water partition coefficient (Wildman–Crippen LogP) is 2.38. The van der Waals surface area contributed by atoms with Crippen LogP contribution in [0.3, 0.4) is 0 Å². The van der Waals surface area contributed by atoms with Crippen LogP contribution in [0.15, 0.2) is 30.3 Å². The molecule has 80 valence electrons. The number of nitrogens with zero attached hydrogens (tertiary/aromatic N) is 2. The molecule has 0 fully saturated rings. The molecule has 0 aliphatic heterocycles. The van der Waals surface area contributed by atoms with Gasteiger partial charge in [0.2, 0.25) is 0 Å². The zero-order chi connectivity index (χ0) is 11.5. The second-order valence-corrected chi connectivity index (χ2v) is 3.42. The maximum atomic E-state index is 10.3. The number of carboxylic acids is 1. The Hall–Kier alpha value is -1.94. The van der Waals surface area contributed by atoms with E-state index in [1.165, 1.54) is 6.08 Å². The summed E-state index contributed by atoms with van der Waals surface area (Å²) in [6.07, 6.45) is 2.28. The molecule has 0 aliphatic rings. The standard InChI is InChI=1S/C11H7ClN2O2/c12-11-7-3-1-2-4-8(7)13-9(14-11)5-6-10(15)16/h1-6H,(H,15,16). The maximum absolute atomic E-state index is 10.3. The maximum Gasteiger partial charge on any atom is 0.328 e. The Morgan fingerprint density at radius 3 is 2.81 bits per heavy atom. The largest absolute Gasteiger partial charge is 0.478 e. The van der Waals surface area contributed by atoms with Gasteiger partial charge in [-0.15, -0.1) is 0 Å². The van der Waals surface area contributed by atoms with Gasteiger partial charge in [-0.25, -0.2) is 14.8 Å². The van der Waals surface area contributed by atoms with E-state index in [2.05, 4.69) is 9.97 Å². The Bertz CT molecular complexity index is 581. The second kappa shape index (κ2) is 4.28. The third kappa shape index (κ3) is 2.17. The normalized spacial score (nSPS) is 11.1. The van der Waals surface area contributed by atoms with E-state index in [0.29, 0.717) is 10.7 Å². The van der Waals surface area contributed by atoms with Gasteiger partial charge < -0.3 is 5.11 Å². The monoisotopic (exact) mass is 234 g/mol. The summed E-state index contributed by atoms with van der Waals surface area (Å²) in [6.45, 7) is 0. The zero-order valence-corrected chi connectivity index (χ0v) is 8.85. The molecule has 1 aromatic heterocycles. The van der Waals surface area contributed by atoms with Gasteiger partial charge in [0.15, 0.2) is 5.82 Å². The van der Waals surface area contributed by atoms with Crippen LogP contribution >= 0.6 is 11.6 Å². The van der Waals surface area contributed by atoms with Gasteiger partial charge in [0.25, 0.3) is 0 Å². The summed E-state index contributed by atoms with van der Waals surface area (Å²) in [4.78, 5) is 18.5. The van der Waals surface area contributed by atoms with Crippen LogP contribution in [0.2, 0.25) is 5.15 Å². The minimum Gasteiger partial charge on any atom is -0.478 e. The van der Waals surface area contributed by atoms with Crippen molar-refractivity contribution in [1.82, 2.24) is 9.97 Å². The van der Waals surface area contributed by atoms with Gasteiger partial charge in [-0.2, -0.15) is 0 Å². The van der Waals surface area contributed by atoms with E-state index in [1.807, 2.05) is 18.2 Å². The summed E-state index contributed by atoms with van der Waals surface area (Å²) >= 11 is 5.95. The van der Waals surface area contributed by atoms with Crippen molar-refractivity contribution < 1.29 is 9.90 Å². The molecule has 0 aliphatic carbocycles. The average Bonchev–Trinajstić information content (AvgIpc) is 2.26. The van der Waals surface area contributed by atoms with Crippen LogP contribution in [-0.4, -0.2) is 21.0 Å². The number of benzene rings is 1. The first-order valence-electron chi connectivity index (χ1n) is 4.50. The van der Waals surface area contributed by atoms with Gasteiger partial charge in [-0.1, -0.05) is 23.7 Å². The van der Waals surface area contributed by atoms with Crippen molar-refractivity contribution in [3.8, 4) is 0 Å². The lowest BCUT2D eigenvalue weighted by atomic mass is 10.2. The minimum absolute atomic E-state index is 0.283. The lowest BCUT2D eigenvalue weighted by Gasteiger charge is -2.00. The first-order chi connectivity index (χ1) is 7.66. The molecule has 1 N–H and O–H groups in total. The quantitative estimate of drug-likeness (QED) is 0.640. The fraction of sp³-hybridized carbons (Fsp3) is 0. The first-order valence-corrected chi connectivity index (χ1v) is 4.88. The van der Waals surface area contributed by atoms with Crippen molar-refractivity contribution in [2.45, 2.75) is 0 Å². The molecule has 0 amide bonds. The van der Waals surface area contributed by atoms with Gasteiger partial charge >= 0.3 is 5.97 Å². The molecule has 16 heavy (non-hydrogen) atoms. The number of aliphatic carboxylic acids is 1. The highest BCUT2D eigenvalue weighted by Crippen LogP contribution is 2.19. The Labute approximate surface area is 96.2 Å². The van der Waals surface area contributed by atoms with Crippen LogP contribution in [0.1, 0.15) is 5.82 Å². The van der Waals surface area contributed by atoms with E-state index in [9.17, 15) is 4.79 Å². The summed E-state index contributed by atoms with van der Waals surface area (Å²) in [5, 5.41) is 9.54.